The molecule has 0 radical (unpaired) electrons. The molecule has 0 spiro atoms. The smallest absolute Gasteiger partial charge is 0.339 e. The minimum absolute atomic E-state index is 0.00921. The summed E-state index contributed by atoms with van der Waals surface area (Å²) in [7, 11) is 2.41. The van der Waals surface area contributed by atoms with Crippen molar-refractivity contribution in [1.82, 2.24) is 0 Å². The highest BCUT2D eigenvalue weighted by Gasteiger charge is 2.23. The van der Waals surface area contributed by atoms with Crippen molar-refractivity contribution < 1.29 is 24.2 Å². The highest BCUT2D eigenvalue weighted by molar-refractivity contribution is 14.1. The number of phenols is 1. The van der Waals surface area contributed by atoms with Gasteiger partial charge in [0.2, 0.25) is 0 Å². The zero-order valence-electron chi connectivity index (χ0n) is 8.61. The van der Waals surface area contributed by atoms with Crippen LogP contribution < -0.4 is 0 Å². The van der Waals surface area contributed by atoms with Crippen LogP contribution in [0.25, 0.3) is 0 Å². The first-order valence-corrected chi connectivity index (χ1v) is 5.29. The van der Waals surface area contributed by atoms with E-state index in [1.807, 2.05) is 0 Å². The third-order valence-corrected chi connectivity index (χ3v) is 3.01. The standard InChI is InChI=1S/C10H9IO5/c1-15-9(13)5-3-4-6(12)8(11)7(5)10(14)16-2/h3-4,12H,1-2H3. The second-order valence-corrected chi connectivity index (χ2v) is 3.88. The van der Waals surface area contributed by atoms with Crippen molar-refractivity contribution in [2.75, 3.05) is 14.2 Å². The summed E-state index contributed by atoms with van der Waals surface area (Å²) in [6.45, 7) is 0. The van der Waals surface area contributed by atoms with E-state index in [0.717, 1.165) is 0 Å². The normalized spacial score (nSPS) is 9.69. The predicted octanol–water partition coefficient (Wildman–Crippen LogP) is 1.57. The van der Waals surface area contributed by atoms with Crippen molar-refractivity contribution in [1.29, 1.82) is 0 Å². The molecule has 5 nitrogen and oxygen atoms in total. The van der Waals surface area contributed by atoms with Gasteiger partial charge < -0.3 is 14.6 Å². The van der Waals surface area contributed by atoms with Gasteiger partial charge in [0.1, 0.15) is 5.75 Å². The van der Waals surface area contributed by atoms with Crippen molar-refractivity contribution in [2.45, 2.75) is 0 Å². The molecule has 1 aromatic carbocycles. The number of rotatable bonds is 2. The first-order chi connectivity index (χ1) is 7.52. The quantitative estimate of drug-likeness (QED) is 0.656. The average Bonchev–Trinajstić information content (AvgIpc) is 2.30. The minimum Gasteiger partial charge on any atom is -0.507 e. The molecule has 0 atom stereocenters. The Labute approximate surface area is 105 Å². The first-order valence-electron chi connectivity index (χ1n) is 4.21. The number of benzene rings is 1. The summed E-state index contributed by atoms with van der Waals surface area (Å²) >= 11 is 1.76. The molecule has 86 valence electrons. The van der Waals surface area contributed by atoms with Crippen LogP contribution in [-0.4, -0.2) is 31.3 Å². The second-order valence-electron chi connectivity index (χ2n) is 2.80. The molecule has 1 N–H and O–H groups in total. The molecular formula is C10H9IO5. The summed E-state index contributed by atoms with van der Waals surface area (Å²) in [6.07, 6.45) is 0. The molecule has 1 rings (SSSR count). The third kappa shape index (κ3) is 2.26. The SMILES string of the molecule is COC(=O)c1ccc(O)c(I)c1C(=O)OC. The fraction of sp³-hybridized carbons (Fsp3) is 0.200. The Bertz CT molecular complexity index is 441. The van der Waals surface area contributed by atoms with Crippen LogP contribution in [0.2, 0.25) is 0 Å². The maximum absolute atomic E-state index is 11.5. The van der Waals surface area contributed by atoms with Crippen LogP contribution in [0.1, 0.15) is 20.7 Å². The van der Waals surface area contributed by atoms with Crippen LogP contribution in [0.5, 0.6) is 5.75 Å². The maximum Gasteiger partial charge on any atom is 0.339 e. The van der Waals surface area contributed by atoms with E-state index in [4.69, 9.17) is 0 Å². The Hall–Kier alpha value is -1.31. The van der Waals surface area contributed by atoms with Gasteiger partial charge in [-0.25, -0.2) is 9.59 Å². The summed E-state index contributed by atoms with van der Waals surface area (Å²) in [5.74, 6) is -1.44. The highest BCUT2D eigenvalue weighted by atomic mass is 127. The number of carbonyl (C=O) groups excluding carboxylic acids is 2. The van der Waals surface area contributed by atoms with Gasteiger partial charge in [0.15, 0.2) is 0 Å². The number of hydrogen-bond acceptors (Lipinski definition) is 5. The molecule has 0 aliphatic rings. The maximum atomic E-state index is 11.5. The molecule has 0 aliphatic heterocycles. The molecule has 0 fully saturated rings. The van der Waals surface area contributed by atoms with E-state index in [9.17, 15) is 14.7 Å². The number of esters is 2. The summed E-state index contributed by atoms with van der Waals surface area (Å²) in [5, 5.41) is 9.46. The van der Waals surface area contributed by atoms with Crippen molar-refractivity contribution in [3.05, 3.63) is 26.8 Å². The fourth-order valence-corrected chi connectivity index (χ4v) is 1.84. The summed E-state index contributed by atoms with van der Waals surface area (Å²) in [5.41, 5.74) is 0.0755. The van der Waals surface area contributed by atoms with Gasteiger partial charge in [0, 0.05) is 0 Å². The molecule has 0 unspecified atom stereocenters. The summed E-state index contributed by atoms with van der Waals surface area (Å²) in [6, 6.07) is 2.63. The number of methoxy groups -OCH3 is 2. The van der Waals surface area contributed by atoms with E-state index in [1.165, 1.54) is 26.4 Å². The van der Waals surface area contributed by atoms with Crippen molar-refractivity contribution >= 4 is 34.5 Å². The predicted molar refractivity (Wildman–Crippen MR) is 63.5 cm³/mol. The van der Waals surface area contributed by atoms with E-state index in [2.05, 4.69) is 9.47 Å². The number of hydrogen-bond donors (Lipinski definition) is 1. The Balaban J connectivity index is 3.44. The number of phenolic OH excluding ortho intramolecular Hbond substituents is 1. The van der Waals surface area contributed by atoms with Gasteiger partial charge in [-0.1, -0.05) is 0 Å². The lowest BCUT2D eigenvalue weighted by molar-refractivity contribution is 0.0554. The summed E-state index contributed by atoms with van der Waals surface area (Å²) in [4.78, 5) is 22.9. The Kier molecular flexibility index (Phi) is 4.11. The van der Waals surface area contributed by atoms with E-state index >= 15 is 0 Å². The first kappa shape index (κ1) is 12.8. The van der Waals surface area contributed by atoms with Gasteiger partial charge in [-0.2, -0.15) is 0 Å². The van der Waals surface area contributed by atoms with Gasteiger partial charge in [-0.15, -0.1) is 0 Å². The molecule has 0 heterocycles. The molecule has 16 heavy (non-hydrogen) atoms. The number of carbonyl (C=O) groups is 2. The third-order valence-electron chi connectivity index (χ3n) is 1.92. The van der Waals surface area contributed by atoms with Crippen LogP contribution >= 0.6 is 22.6 Å². The van der Waals surface area contributed by atoms with E-state index in [0.29, 0.717) is 0 Å². The lowest BCUT2D eigenvalue weighted by Gasteiger charge is -2.09. The van der Waals surface area contributed by atoms with Gasteiger partial charge in [0.05, 0.1) is 28.9 Å². The zero-order chi connectivity index (χ0) is 12.3. The Morgan fingerprint density at radius 2 is 1.75 bits per heavy atom. The van der Waals surface area contributed by atoms with Crippen LogP contribution in [0.4, 0.5) is 0 Å². The number of ether oxygens (including phenoxy) is 2. The van der Waals surface area contributed by atoms with Crippen molar-refractivity contribution in [3.63, 3.8) is 0 Å². The Morgan fingerprint density at radius 3 is 2.25 bits per heavy atom. The molecule has 0 saturated heterocycles. The van der Waals surface area contributed by atoms with E-state index in [-0.39, 0.29) is 20.4 Å². The van der Waals surface area contributed by atoms with Gasteiger partial charge in [0.25, 0.3) is 0 Å². The van der Waals surface area contributed by atoms with E-state index in [1.54, 1.807) is 22.6 Å². The zero-order valence-corrected chi connectivity index (χ0v) is 10.8. The lowest BCUT2D eigenvalue weighted by atomic mass is 10.1. The molecule has 1 aromatic rings. The molecular weight excluding hydrogens is 327 g/mol. The molecule has 0 aromatic heterocycles. The minimum atomic E-state index is -0.694. The summed E-state index contributed by atoms with van der Waals surface area (Å²) < 4.78 is 9.34. The fourth-order valence-electron chi connectivity index (χ4n) is 1.15. The highest BCUT2D eigenvalue weighted by Crippen LogP contribution is 2.27. The topological polar surface area (TPSA) is 72.8 Å². The van der Waals surface area contributed by atoms with Gasteiger partial charge in [-0.3, -0.25) is 0 Å². The van der Waals surface area contributed by atoms with Gasteiger partial charge >= 0.3 is 11.9 Å². The van der Waals surface area contributed by atoms with Crippen molar-refractivity contribution in [3.8, 4) is 5.75 Å². The lowest BCUT2D eigenvalue weighted by Crippen LogP contribution is -2.13. The molecule has 0 saturated carbocycles. The average molecular weight is 336 g/mol. The largest absolute Gasteiger partial charge is 0.507 e. The van der Waals surface area contributed by atoms with Gasteiger partial charge in [-0.05, 0) is 34.7 Å². The number of halogens is 1. The van der Waals surface area contributed by atoms with Crippen LogP contribution in [0.3, 0.4) is 0 Å². The van der Waals surface area contributed by atoms with Crippen LogP contribution in [0, 0.1) is 3.57 Å². The second kappa shape index (κ2) is 5.15. The van der Waals surface area contributed by atoms with Crippen molar-refractivity contribution in [2.24, 2.45) is 0 Å². The monoisotopic (exact) mass is 336 g/mol. The number of aromatic hydroxyl groups is 1. The molecule has 6 heteroatoms. The van der Waals surface area contributed by atoms with Crippen LogP contribution in [0.15, 0.2) is 12.1 Å². The van der Waals surface area contributed by atoms with Crippen LogP contribution in [-0.2, 0) is 9.47 Å². The molecule has 0 bridgehead atoms. The van der Waals surface area contributed by atoms with E-state index < -0.39 is 11.9 Å². The molecule has 0 aliphatic carbocycles. The molecule has 0 amide bonds. The Morgan fingerprint density at radius 1 is 1.19 bits per heavy atom.